The molecule has 1 heterocycles. The quantitative estimate of drug-likeness (QED) is 0.861. The van der Waals surface area contributed by atoms with Gasteiger partial charge >= 0.3 is 0 Å². The molecule has 0 aliphatic carbocycles. The van der Waals surface area contributed by atoms with Gasteiger partial charge in [0, 0.05) is 37.9 Å². The largest absolute Gasteiger partial charge is 0.398 e. The van der Waals surface area contributed by atoms with Gasteiger partial charge < -0.3 is 15.5 Å². The Morgan fingerprint density at radius 3 is 2.70 bits per heavy atom. The lowest BCUT2D eigenvalue weighted by molar-refractivity contribution is -0.127. The molecule has 0 saturated carbocycles. The number of pyridine rings is 1. The van der Waals surface area contributed by atoms with Crippen molar-refractivity contribution >= 4 is 28.2 Å². The van der Waals surface area contributed by atoms with Crippen molar-refractivity contribution in [3.63, 3.8) is 0 Å². The molecule has 0 aliphatic heterocycles. The van der Waals surface area contributed by atoms with Crippen molar-refractivity contribution in [2.45, 2.75) is 6.92 Å². The summed E-state index contributed by atoms with van der Waals surface area (Å²) in [6.45, 7) is 3.09. The van der Waals surface area contributed by atoms with Crippen molar-refractivity contribution in [3.05, 3.63) is 30.5 Å². The van der Waals surface area contributed by atoms with Crippen LogP contribution in [0.1, 0.15) is 6.92 Å². The maximum Gasteiger partial charge on any atom is 0.241 e. The number of hydrogen-bond acceptors (Lipinski definition) is 4. The van der Waals surface area contributed by atoms with Crippen molar-refractivity contribution in [3.8, 4) is 0 Å². The van der Waals surface area contributed by atoms with Gasteiger partial charge in [-0.05, 0) is 31.2 Å². The summed E-state index contributed by atoms with van der Waals surface area (Å²) < 4.78 is 0. The van der Waals surface area contributed by atoms with Crippen molar-refractivity contribution in [2.75, 3.05) is 37.8 Å². The highest BCUT2D eigenvalue weighted by molar-refractivity contribution is 5.99. The second kappa shape index (κ2) is 5.77. The van der Waals surface area contributed by atoms with Gasteiger partial charge in [-0.1, -0.05) is 0 Å². The fourth-order valence-corrected chi connectivity index (χ4v) is 2.11. The number of carbonyl (C=O) groups excluding carboxylic acids is 1. The van der Waals surface area contributed by atoms with Crippen LogP contribution in [0.4, 0.5) is 11.4 Å². The monoisotopic (exact) mass is 272 g/mol. The minimum Gasteiger partial charge on any atom is -0.398 e. The van der Waals surface area contributed by atoms with Crippen LogP contribution >= 0.6 is 0 Å². The van der Waals surface area contributed by atoms with E-state index in [0.29, 0.717) is 12.2 Å². The lowest BCUT2D eigenvalue weighted by Crippen LogP contribution is -2.36. The van der Waals surface area contributed by atoms with E-state index in [1.807, 2.05) is 36.1 Å². The first kappa shape index (κ1) is 14.1. The summed E-state index contributed by atoms with van der Waals surface area (Å²) in [6, 6.07) is 7.60. The summed E-state index contributed by atoms with van der Waals surface area (Å²) in [5.41, 5.74) is 8.45. The maximum atomic E-state index is 11.9. The van der Waals surface area contributed by atoms with Gasteiger partial charge in [0.1, 0.15) is 0 Å². The molecule has 2 aromatic rings. The molecular formula is C15H20N4O. The number of nitrogen functional groups attached to an aromatic ring is 1. The molecule has 2 rings (SSSR count). The molecule has 0 bridgehead atoms. The predicted molar refractivity (Wildman–Crippen MR) is 82.7 cm³/mol. The number of fused-ring (bicyclic) bond motifs is 1. The lowest BCUT2D eigenvalue weighted by atomic mass is 10.1. The van der Waals surface area contributed by atoms with E-state index < -0.39 is 0 Å². The van der Waals surface area contributed by atoms with Gasteiger partial charge in [-0.15, -0.1) is 0 Å². The summed E-state index contributed by atoms with van der Waals surface area (Å²) in [5, 5.41) is 0.917. The number of benzene rings is 1. The molecule has 1 aromatic heterocycles. The highest BCUT2D eigenvalue weighted by atomic mass is 16.2. The first-order chi connectivity index (χ1) is 9.54. The van der Waals surface area contributed by atoms with Crippen LogP contribution in [0.3, 0.4) is 0 Å². The van der Waals surface area contributed by atoms with Gasteiger partial charge in [-0.2, -0.15) is 0 Å². The van der Waals surface area contributed by atoms with E-state index in [9.17, 15) is 4.79 Å². The number of nitrogens with two attached hydrogens (primary N) is 1. The fraction of sp³-hybridized carbons (Fsp3) is 0.333. The van der Waals surface area contributed by atoms with Gasteiger partial charge in [0.2, 0.25) is 5.91 Å². The second-order valence-electron chi connectivity index (χ2n) is 4.88. The molecule has 0 saturated heterocycles. The summed E-state index contributed by atoms with van der Waals surface area (Å²) in [6.07, 6.45) is 1.74. The lowest BCUT2D eigenvalue weighted by Gasteiger charge is -2.25. The zero-order chi connectivity index (χ0) is 14.7. The number of hydrogen-bond donors (Lipinski definition) is 1. The smallest absolute Gasteiger partial charge is 0.241 e. The van der Waals surface area contributed by atoms with Crippen LogP contribution in [0.5, 0.6) is 0 Å². The predicted octanol–water partition coefficient (Wildman–Crippen LogP) is 1.73. The van der Waals surface area contributed by atoms with Crippen molar-refractivity contribution in [1.82, 2.24) is 9.88 Å². The van der Waals surface area contributed by atoms with E-state index >= 15 is 0 Å². The molecule has 0 fully saturated rings. The van der Waals surface area contributed by atoms with E-state index in [0.717, 1.165) is 23.1 Å². The average Bonchev–Trinajstić information content (AvgIpc) is 2.45. The molecular weight excluding hydrogens is 252 g/mol. The Morgan fingerprint density at radius 2 is 2.05 bits per heavy atom. The standard InChI is InChI=1S/C15H20N4O/c1-4-19(10-14(20)18(2)3)13-8-7-12(16)11-6-5-9-17-15(11)13/h5-9H,4,10,16H2,1-3H3. The number of rotatable bonds is 4. The highest BCUT2D eigenvalue weighted by Crippen LogP contribution is 2.28. The highest BCUT2D eigenvalue weighted by Gasteiger charge is 2.15. The summed E-state index contributed by atoms with van der Waals surface area (Å²) in [7, 11) is 3.52. The molecule has 20 heavy (non-hydrogen) atoms. The molecule has 0 spiro atoms. The normalized spacial score (nSPS) is 10.6. The topological polar surface area (TPSA) is 62.5 Å². The minimum atomic E-state index is 0.0627. The van der Waals surface area contributed by atoms with E-state index in [4.69, 9.17) is 5.73 Å². The van der Waals surface area contributed by atoms with Crippen LogP contribution in [0.2, 0.25) is 0 Å². The van der Waals surface area contributed by atoms with E-state index in [-0.39, 0.29) is 5.91 Å². The molecule has 1 aromatic carbocycles. The van der Waals surface area contributed by atoms with Crippen molar-refractivity contribution < 1.29 is 4.79 Å². The minimum absolute atomic E-state index is 0.0627. The Bertz CT molecular complexity index is 624. The first-order valence-corrected chi connectivity index (χ1v) is 6.63. The molecule has 0 aliphatic rings. The molecule has 5 heteroatoms. The number of nitrogens with zero attached hydrogens (tertiary/aromatic N) is 3. The Hall–Kier alpha value is -2.30. The van der Waals surface area contributed by atoms with Gasteiger partial charge in [0.05, 0.1) is 17.7 Å². The molecule has 5 nitrogen and oxygen atoms in total. The Kier molecular flexibility index (Phi) is 4.08. The third-order valence-corrected chi connectivity index (χ3v) is 3.33. The van der Waals surface area contributed by atoms with E-state index in [2.05, 4.69) is 4.98 Å². The first-order valence-electron chi connectivity index (χ1n) is 6.63. The molecule has 1 amide bonds. The van der Waals surface area contributed by atoms with Crippen LogP contribution in [-0.4, -0.2) is 43.0 Å². The molecule has 0 unspecified atom stereocenters. The Labute approximate surface area is 119 Å². The van der Waals surface area contributed by atoms with Crippen LogP contribution in [-0.2, 0) is 4.79 Å². The molecule has 0 radical (unpaired) electrons. The summed E-state index contributed by atoms with van der Waals surface area (Å²) >= 11 is 0. The van der Waals surface area contributed by atoms with Crippen LogP contribution in [0.15, 0.2) is 30.5 Å². The van der Waals surface area contributed by atoms with Crippen molar-refractivity contribution in [2.24, 2.45) is 0 Å². The number of anilines is 2. The number of likely N-dealkylation sites (N-methyl/N-ethyl adjacent to an activating group) is 2. The number of amides is 1. The van der Waals surface area contributed by atoms with Gasteiger partial charge in [0.15, 0.2) is 0 Å². The van der Waals surface area contributed by atoms with E-state index in [1.165, 1.54) is 0 Å². The maximum absolute atomic E-state index is 11.9. The van der Waals surface area contributed by atoms with Crippen molar-refractivity contribution in [1.29, 1.82) is 0 Å². The fourth-order valence-electron chi connectivity index (χ4n) is 2.11. The van der Waals surface area contributed by atoms with Crippen LogP contribution in [0, 0.1) is 0 Å². The third-order valence-electron chi connectivity index (χ3n) is 3.33. The zero-order valence-corrected chi connectivity index (χ0v) is 12.1. The SMILES string of the molecule is CCN(CC(=O)N(C)C)c1ccc(N)c2cccnc12. The van der Waals surface area contributed by atoms with Gasteiger partial charge in [0.25, 0.3) is 0 Å². The number of carbonyl (C=O) groups is 1. The Morgan fingerprint density at radius 1 is 1.30 bits per heavy atom. The second-order valence-corrected chi connectivity index (χ2v) is 4.88. The Balaban J connectivity index is 2.45. The zero-order valence-electron chi connectivity index (χ0n) is 12.1. The third kappa shape index (κ3) is 2.66. The summed E-state index contributed by atoms with van der Waals surface area (Å²) in [5.74, 6) is 0.0627. The molecule has 106 valence electrons. The molecule has 2 N–H and O–H groups in total. The molecule has 0 atom stereocenters. The van der Waals surface area contributed by atoms with Crippen LogP contribution < -0.4 is 10.6 Å². The summed E-state index contributed by atoms with van der Waals surface area (Å²) in [4.78, 5) is 19.9. The van der Waals surface area contributed by atoms with Crippen LogP contribution in [0.25, 0.3) is 10.9 Å². The van der Waals surface area contributed by atoms with Gasteiger partial charge in [-0.25, -0.2) is 0 Å². The average molecular weight is 272 g/mol. The number of aromatic nitrogens is 1. The van der Waals surface area contributed by atoms with Gasteiger partial charge in [-0.3, -0.25) is 9.78 Å². The van der Waals surface area contributed by atoms with E-state index in [1.54, 1.807) is 25.2 Å².